The maximum Gasteiger partial charge on any atom is 0.277 e. The van der Waals surface area contributed by atoms with E-state index in [1.54, 1.807) is 7.11 Å². The number of benzene rings is 1. The summed E-state index contributed by atoms with van der Waals surface area (Å²) in [7, 11) is 1.63. The molecule has 1 saturated heterocycles. The first-order valence-electron chi connectivity index (χ1n) is 12.6. The van der Waals surface area contributed by atoms with E-state index < -0.39 is 0 Å². The van der Waals surface area contributed by atoms with Crippen LogP contribution in [0.25, 0.3) is 5.57 Å². The van der Waals surface area contributed by atoms with Crippen LogP contribution in [0, 0.1) is 5.92 Å². The van der Waals surface area contributed by atoms with E-state index in [2.05, 4.69) is 18.7 Å². The molecule has 176 valence electrons. The highest BCUT2D eigenvalue weighted by atomic mass is 16.5. The minimum absolute atomic E-state index is 0.113. The van der Waals surface area contributed by atoms with Gasteiger partial charge < -0.3 is 9.64 Å². The first-order valence-corrected chi connectivity index (χ1v) is 12.6. The standard InChI is InChI=1S/C27H40N2O3/c1-4-5-6-7-8-9-10-11-19-29-26(30)24(22-14-16-23(32-3)17-15-22)25(27(29)31)28-18-12-13-21(2)20-28/h14-17,21H,4-13,18-20H2,1-3H3. The molecule has 0 saturated carbocycles. The Hall–Kier alpha value is -2.30. The number of hydrogen-bond donors (Lipinski definition) is 0. The lowest BCUT2D eigenvalue weighted by Crippen LogP contribution is -2.39. The predicted octanol–water partition coefficient (Wildman–Crippen LogP) is 5.65. The van der Waals surface area contributed by atoms with E-state index in [-0.39, 0.29) is 11.8 Å². The summed E-state index contributed by atoms with van der Waals surface area (Å²) in [6.07, 6.45) is 11.8. The van der Waals surface area contributed by atoms with Crippen molar-refractivity contribution in [3.05, 3.63) is 35.5 Å². The van der Waals surface area contributed by atoms with Crippen LogP contribution in [0.5, 0.6) is 5.75 Å². The van der Waals surface area contributed by atoms with E-state index >= 15 is 0 Å². The summed E-state index contributed by atoms with van der Waals surface area (Å²) < 4.78 is 5.28. The molecular weight excluding hydrogens is 400 g/mol. The molecule has 2 aliphatic rings. The lowest BCUT2D eigenvalue weighted by molar-refractivity contribution is -0.137. The van der Waals surface area contributed by atoms with Crippen LogP contribution in [0.3, 0.4) is 0 Å². The largest absolute Gasteiger partial charge is 0.497 e. The molecule has 0 aliphatic carbocycles. The van der Waals surface area contributed by atoms with Crippen molar-refractivity contribution in [2.24, 2.45) is 5.92 Å². The molecule has 2 amide bonds. The Balaban J connectivity index is 1.70. The van der Waals surface area contributed by atoms with E-state index in [1.807, 2.05) is 24.3 Å². The SMILES string of the molecule is CCCCCCCCCCN1C(=O)C(c2ccc(OC)cc2)=C(N2CCCC(C)C2)C1=O. The number of carbonyl (C=O) groups is 2. The van der Waals surface area contributed by atoms with Crippen LogP contribution in [0.4, 0.5) is 0 Å². The van der Waals surface area contributed by atoms with Gasteiger partial charge >= 0.3 is 0 Å². The Morgan fingerprint density at radius 2 is 1.59 bits per heavy atom. The van der Waals surface area contributed by atoms with Crippen molar-refractivity contribution >= 4 is 17.4 Å². The zero-order chi connectivity index (χ0) is 22.9. The molecule has 2 heterocycles. The van der Waals surface area contributed by atoms with Gasteiger partial charge in [-0.2, -0.15) is 0 Å². The molecule has 1 atom stereocenters. The topological polar surface area (TPSA) is 49.9 Å². The fourth-order valence-corrected chi connectivity index (χ4v) is 4.87. The minimum atomic E-state index is -0.142. The number of likely N-dealkylation sites (tertiary alicyclic amines) is 1. The maximum atomic E-state index is 13.4. The van der Waals surface area contributed by atoms with Gasteiger partial charge in [-0.15, -0.1) is 0 Å². The van der Waals surface area contributed by atoms with Crippen LogP contribution in [0.1, 0.15) is 83.6 Å². The van der Waals surface area contributed by atoms with Gasteiger partial charge in [-0.1, -0.05) is 70.9 Å². The number of rotatable bonds is 12. The fourth-order valence-electron chi connectivity index (χ4n) is 4.87. The van der Waals surface area contributed by atoms with Crippen LogP contribution < -0.4 is 4.74 Å². The molecule has 0 aromatic heterocycles. The van der Waals surface area contributed by atoms with Crippen molar-refractivity contribution < 1.29 is 14.3 Å². The lowest BCUT2D eigenvalue weighted by Gasteiger charge is -2.33. The van der Waals surface area contributed by atoms with E-state index in [1.165, 1.54) is 49.8 Å². The van der Waals surface area contributed by atoms with Gasteiger partial charge in [0.2, 0.25) is 0 Å². The third-order valence-corrected chi connectivity index (χ3v) is 6.73. The van der Waals surface area contributed by atoms with E-state index in [0.29, 0.717) is 23.7 Å². The molecule has 0 radical (unpaired) electrons. The Labute approximate surface area is 193 Å². The predicted molar refractivity (Wildman–Crippen MR) is 129 cm³/mol. The molecular formula is C27H40N2O3. The van der Waals surface area contributed by atoms with Crippen molar-refractivity contribution in [2.75, 3.05) is 26.7 Å². The quantitative estimate of drug-likeness (QED) is 0.311. The Bertz CT molecular complexity index is 800. The number of amides is 2. The maximum absolute atomic E-state index is 13.4. The van der Waals surface area contributed by atoms with Crippen molar-refractivity contribution in [2.45, 2.75) is 78.1 Å². The van der Waals surface area contributed by atoms with Crippen molar-refractivity contribution in [3.63, 3.8) is 0 Å². The van der Waals surface area contributed by atoms with Crippen LogP contribution in [0.2, 0.25) is 0 Å². The second-order valence-electron chi connectivity index (χ2n) is 9.38. The van der Waals surface area contributed by atoms with E-state index in [9.17, 15) is 9.59 Å². The molecule has 0 N–H and O–H groups in total. The molecule has 0 spiro atoms. The zero-order valence-electron chi connectivity index (χ0n) is 20.2. The molecule has 0 bridgehead atoms. The number of imide groups is 1. The monoisotopic (exact) mass is 440 g/mol. The van der Waals surface area contributed by atoms with Gasteiger partial charge in [-0.25, -0.2) is 0 Å². The fraction of sp³-hybridized carbons (Fsp3) is 0.630. The highest BCUT2D eigenvalue weighted by Crippen LogP contribution is 2.34. The van der Waals surface area contributed by atoms with Gasteiger partial charge in [-0.05, 0) is 42.9 Å². The van der Waals surface area contributed by atoms with Crippen molar-refractivity contribution in [3.8, 4) is 5.75 Å². The molecule has 1 unspecified atom stereocenters. The van der Waals surface area contributed by atoms with Crippen LogP contribution in [0.15, 0.2) is 30.0 Å². The molecule has 32 heavy (non-hydrogen) atoms. The normalized spacial score (nSPS) is 19.3. The second-order valence-corrected chi connectivity index (χ2v) is 9.38. The number of methoxy groups -OCH3 is 1. The summed E-state index contributed by atoms with van der Waals surface area (Å²) in [5.74, 6) is 1.02. The molecule has 3 rings (SSSR count). The summed E-state index contributed by atoms with van der Waals surface area (Å²) in [5, 5.41) is 0. The zero-order valence-corrected chi connectivity index (χ0v) is 20.2. The minimum Gasteiger partial charge on any atom is -0.497 e. The summed E-state index contributed by atoms with van der Waals surface area (Å²) in [4.78, 5) is 30.5. The third kappa shape index (κ3) is 5.93. The number of nitrogens with zero attached hydrogens (tertiary/aromatic N) is 2. The Morgan fingerprint density at radius 1 is 0.938 bits per heavy atom. The summed E-state index contributed by atoms with van der Waals surface area (Å²) >= 11 is 0. The first-order chi connectivity index (χ1) is 15.6. The summed E-state index contributed by atoms with van der Waals surface area (Å²) in [5.41, 5.74) is 1.97. The van der Waals surface area contributed by atoms with Gasteiger partial charge in [0.15, 0.2) is 0 Å². The molecule has 2 aliphatic heterocycles. The first kappa shape index (κ1) is 24.3. The van der Waals surface area contributed by atoms with Gasteiger partial charge in [0.25, 0.3) is 11.8 Å². The molecule has 1 fully saturated rings. The molecule has 1 aromatic carbocycles. The van der Waals surface area contributed by atoms with Crippen LogP contribution in [-0.2, 0) is 9.59 Å². The number of piperidine rings is 1. The van der Waals surface area contributed by atoms with Crippen LogP contribution in [-0.4, -0.2) is 48.4 Å². The molecule has 1 aromatic rings. The Kier molecular flexibility index (Phi) is 9.19. The van der Waals surface area contributed by atoms with Gasteiger partial charge in [-0.3, -0.25) is 14.5 Å². The lowest BCUT2D eigenvalue weighted by atomic mass is 9.98. The highest BCUT2D eigenvalue weighted by Gasteiger charge is 2.41. The third-order valence-electron chi connectivity index (χ3n) is 6.73. The number of hydrogen-bond acceptors (Lipinski definition) is 4. The molecule has 5 heteroatoms. The van der Waals surface area contributed by atoms with Gasteiger partial charge in [0.1, 0.15) is 11.4 Å². The number of carbonyl (C=O) groups excluding carboxylic acids is 2. The summed E-state index contributed by atoms with van der Waals surface area (Å²) in [6, 6.07) is 7.51. The molecule has 5 nitrogen and oxygen atoms in total. The smallest absolute Gasteiger partial charge is 0.277 e. The second kappa shape index (κ2) is 12.1. The van der Waals surface area contributed by atoms with Crippen molar-refractivity contribution in [1.29, 1.82) is 0 Å². The Morgan fingerprint density at radius 3 is 2.22 bits per heavy atom. The number of unbranched alkanes of at least 4 members (excludes halogenated alkanes) is 7. The average Bonchev–Trinajstić information content (AvgIpc) is 3.05. The summed E-state index contributed by atoms with van der Waals surface area (Å²) in [6.45, 7) is 6.64. The average molecular weight is 441 g/mol. The van der Waals surface area contributed by atoms with Gasteiger partial charge in [0.05, 0.1) is 12.7 Å². The van der Waals surface area contributed by atoms with Gasteiger partial charge in [0, 0.05) is 19.6 Å². The highest BCUT2D eigenvalue weighted by molar-refractivity contribution is 6.35. The van der Waals surface area contributed by atoms with Crippen LogP contribution >= 0.6 is 0 Å². The van der Waals surface area contributed by atoms with E-state index in [4.69, 9.17) is 4.74 Å². The van der Waals surface area contributed by atoms with E-state index in [0.717, 1.165) is 43.7 Å². The van der Waals surface area contributed by atoms with Crippen molar-refractivity contribution in [1.82, 2.24) is 9.80 Å². The number of ether oxygens (including phenoxy) is 1.